The third-order valence-corrected chi connectivity index (χ3v) is 3.61. The predicted octanol–water partition coefficient (Wildman–Crippen LogP) is 2.65. The number of carboxylic acids is 1. The van der Waals surface area contributed by atoms with Gasteiger partial charge in [0.1, 0.15) is 0 Å². The Bertz CT molecular complexity index is 486. The van der Waals surface area contributed by atoms with Gasteiger partial charge in [0.15, 0.2) is 0 Å². The third kappa shape index (κ3) is 6.38. The van der Waals surface area contributed by atoms with Crippen LogP contribution >= 0.6 is 0 Å². The van der Waals surface area contributed by atoms with E-state index < -0.39 is 5.97 Å². The van der Waals surface area contributed by atoms with Crippen LogP contribution in [-0.4, -0.2) is 28.5 Å². The van der Waals surface area contributed by atoms with Crippen molar-refractivity contribution in [3.63, 3.8) is 0 Å². The summed E-state index contributed by atoms with van der Waals surface area (Å²) < 4.78 is 0. The van der Waals surface area contributed by atoms with Crippen LogP contribution in [0.25, 0.3) is 0 Å². The Kier molecular flexibility index (Phi) is 6.85. The molecule has 1 aromatic heterocycles. The first-order valence-electron chi connectivity index (χ1n) is 7.31. The second kappa shape index (κ2) is 8.39. The molecule has 0 fully saturated rings. The second-order valence-corrected chi connectivity index (χ2v) is 5.73. The van der Waals surface area contributed by atoms with Crippen LogP contribution in [0.1, 0.15) is 49.0 Å². The molecule has 0 radical (unpaired) electrons. The number of aliphatic carboxylic acids is 1. The van der Waals surface area contributed by atoms with Gasteiger partial charge in [-0.3, -0.25) is 14.6 Å². The second-order valence-electron chi connectivity index (χ2n) is 5.73. The number of rotatable bonds is 8. The summed E-state index contributed by atoms with van der Waals surface area (Å²) in [5.74, 6) is -0.193. The zero-order valence-corrected chi connectivity index (χ0v) is 12.9. The highest BCUT2D eigenvalue weighted by Crippen LogP contribution is 2.20. The Morgan fingerprint density at radius 2 is 2.00 bits per heavy atom. The van der Waals surface area contributed by atoms with Crippen molar-refractivity contribution in [2.45, 2.75) is 40.0 Å². The summed E-state index contributed by atoms with van der Waals surface area (Å²) in [6.07, 6.45) is 4.87. The maximum atomic E-state index is 12.0. The average molecular weight is 292 g/mol. The molecule has 1 unspecified atom stereocenters. The fourth-order valence-electron chi connectivity index (χ4n) is 2.27. The fourth-order valence-corrected chi connectivity index (χ4v) is 2.27. The van der Waals surface area contributed by atoms with E-state index in [1.807, 2.05) is 6.92 Å². The van der Waals surface area contributed by atoms with Gasteiger partial charge in [-0.1, -0.05) is 13.8 Å². The van der Waals surface area contributed by atoms with Crippen molar-refractivity contribution in [3.05, 3.63) is 29.6 Å². The van der Waals surface area contributed by atoms with E-state index in [1.165, 1.54) is 0 Å². The van der Waals surface area contributed by atoms with E-state index >= 15 is 0 Å². The van der Waals surface area contributed by atoms with E-state index in [4.69, 9.17) is 5.11 Å². The maximum Gasteiger partial charge on any atom is 0.303 e. The molecule has 0 aliphatic carbocycles. The summed E-state index contributed by atoms with van der Waals surface area (Å²) in [6, 6.07) is 1.80. The van der Waals surface area contributed by atoms with Crippen LogP contribution in [0.3, 0.4) is 0 Å². The summed E-state index contributed by atoms with van der Waals surface area (Å²) in [5, 5.41) is 11.6. The van der Waals surface area contributed by atoms with Gasteiger partial charge in [-0.15, -0.1) is 0 Å². The summed E-state index contributed by atoms with van der Waals surface area (Å²) in [5.41, 5.74) is 1.51. The molecule has 0 bridgehead atoms. The first-order chi connectivity index (χ1) is 9.90. The number of nitrogens with zero attached hydrogens (tertiary/aromatic N) is 1. The number of hydrogen-bond acceptors (Lipinski definition) is 3. The van der Waals surface area contributed by atoms with Crippen LogP contribution < -0.4 is 5.32 Å². The third-order valence-electron chi connectivity index (χ3n) is 3.61. The first kappa shape index (κ1) is 17.1. The van der Waals surface area contributed by atoms with Crippen LogP contribution in [-0.2, 0) is 4.79 Å². The molecule has 1 heterocycles. The molecule has 116 valence electrons. The molecule has 5 nitrogen and oxygen atoms in total. The van der Waals surface area contributed by atoms with Crippen molar-refractivity contribution >= 4 is 11.9 Å². The van der Waals surface area contributed by atoms with Gasteiger partial charge in [-0.25, -0.2) is 0 Å². The van der Waals surface area contributed by atoms with Gasteiger partial charge in [0.05, 0.1) is 5.56 Å². The van der Waals surface area contributed by atoms with Crippen molar-refractivity contribution in [1.29, 1.82) is 0 Å². The highest BCUT2D eigenvalue weighted by molar-refractivity contribution is 5.93. The Morgan fingerprint density at radius 1 is 1.29 bits per heavy atom. The monoisotopic (exact) mass is 292 g/mol. The molecule has 1 aromatic rings. The molecule has 0 aliphatic heterocycles. The molecule has 1 atom stereocenters. The summed E-state index contributed by atoms with van der Waals surface area (Å²) in [4.78, 5) is 26.6. The number of carbonyl (C=O) groups is 2. The highest BCUT2D eigenvalue weighted by Gasteiger charge is 2.15. The zero-order valence-electron chi connectivity index (χ0n) is 12.9. The Hall–Kier alpha value is -1.91. The molecule has 5 heteroatoms. The molecule has 0 saturated heterocycles. The summed E-state index contributed by atoms with van der Waals surface area (Å²) >= 11 is 0. The Morgan fingerprint density at radius 3 is 2.57 bits per heavy atom. The van der Waals surface area contributed by atoms with Gasteiger partial charge >= 0.3 is 5.97 Å². The van der Waals surface area contributed by atoms with E-state index in [2.05, 4.69) is 24.1 Å². The molecule has 0 saturated carbocycles. The molecule has 1 amide bonds. The van der Waals surface area contributed by atoms with Crippen molar-refractivity contribution in [2.24, 2.45) is 11.8 Å². The highest BCUT2D eigenvalue weighted by atomic mass is 16.4. The van der Waals surface area contributed by atoms with E-state index in [1.54, 1.807) is 18.5 Å². The van der Waals surface area contributed by atoms with Gasteiger partial charge < -0.3 is 10.4 Å². The van der Waals surface area contributed by atoms with Crippen LogP contribution in [0.4, 0.5) is 0 Å². The summed E-state index contributed by atoms with van der Waals surface area (Å²) in [6.45, 7) is 6.61. The molecule has 0 aliphatic rings. The predicted molar refractivity (Wildman–Crippen MR) is 81.1 cm³/mol. The largest absolute Gasteiger partial charge is 0.481 e. The van der Waals surface area contributed by atoms with Crippen molar-refractivity contribution in [3.8, 4) is 0 Å². The van der Waals surface area contributed by atoms with Crippen molar-refractivity contribution in [2.75, 3.05) is 6.54 Å². The zero-order chi connectivity index (χ0) is 15.8. The lowest BCUT2D eigenvalue weighted by molar-refractivity contribution is -0.137. The first-order valence-corrected chi connectivity index (χ1v) is 7.31. The number of hydrogen-bond donors (Lipinski definition) is 2. The molecule has 21 heavy (non-hydrogen) atoms. The van der Waals surface area contributed by atoms with E-state index in [-0.39, 0.29) is 12.3 Å². The molecule has 1 rings (SSSR count). The Balaban J connectivity index is 2.43. The number of amides is 1. The SMILES string of the molecule is Cc1cncc(C(=O)NCCC(CCC(=O)O)C(C)C)c1. The minimum absolute atomic E-state index is 0.132. The van der Waals surface area contributed by atoms with Crippen LogP contribution in [0.5, 0.6) is 0 Å². The average Bonchev–Trinajstić information content (AvgIpc) is 2.41. The van der Waals surface area contributed by atoms with Crippen molar-refractivity contribution in [1.82, 2.24) is 10.3 Å². The van der Waals surface area contributed by atoms with Gasteiger partial charge in [0.2, 0.25) is 0 Å². The van der Waals surface area contributed by atoms with Gasteiger partial charge in [-0.2, -0.15) is 0 Å². The standard InChI is InChI=1S/C16H24N2O3/c1-11(2)13(4-5-15(19)20)6-7-18-16(21)14-8-12(3)9-17-10-14/h8-11,13H,4-7H2,1-3H3,(H,18,21)(H,19,20). The number of aromatic nitrogens is 1. The van der Waals surface area contributed by atoms with E-state index in [9.17, 15) is 9.59 Å². The normalized spacial score (nSPS) is 12.2. The molecule has 0 aromatic carbocycles. The number of nitrogens with one attached hydrogen (secondary N) is 1. The Labute approximate surface area is 125 Å². The summed E-state index contributed by atoms with van der Waals surface area (Å²) in [7, 11) is 0. The fraction of sp³-hybridized carbons (Fsp3) is 0.562. The lowest BCUT2D eigenvalue weighted by atomic mass is 9.88. The number of carbonyl (C=O) groups excluding carboxylic acids is 1. The van der Waals surface area contributed by atoms with Crippen LogP contribution in [0, 0.1) is 18.8 Å². The van der Waals surface area contributed by atoms with Gasteiger partial charge in [0, 0.05) is 25.4 Å². The number of pyridine rings is 1. The lowest BCUT2D eigenvalue weighted by Gasteiger charge is -2.20. The van der Waals surface area contributed by atoms with Crippen LogP contribution in [0.2, 0.25) is 0 Å². The minimum atomic E-state index is -0.768. The van der Waals surface area contributed by atoms with Crippen LogP contribution in [0.15, 0.2) is 18.5 Å². The quantitative estimate of drug-likeness (QED) is 0.772. The number of carboxylic acid groups (broad SMARTS) is 1. The van der Waals surface area contributed by atoms with Gasteiger partial charge in [0.25, 0.3) is 5.91 Å². The topological polar surface area (TPSA) is 79.3 Å². The molecular weight excluding hydrogens is 268 g/mol. The smallest absolute Gasteiger partial charge is 0.303 e. The minimum Gasteiger partial charge on any atom is -0.481 e. The van der Waals surface area contributed by atoms with Crippen molar-refractivity contribution < 1.29 is 14.7 Å². The van der Waals surface area contributed by atoms with E-state index in [0.717, 1.165) is 12.0 Å². The van der Waals surface area contributed by atoms with Gasteiger partial charge in [-0.05, 0) is 43.2 Å². The molecule has 0 spiro atoms. The van der Waals surface area contributed by atoms with E-state index in [0.29, 0.717) is 30.4 Å². The number of aryl methyl sites for hydroxylation is 1. The lowest BCUT2D eigenvalue weighted by Crippen LogP contribution is -2.27. The molecule has 2 N–H and O–H groups in total. The maximum absolute atomic E-state index is 12.0. The molecular formula is C16H24N2O3.